The van der Waals surface area contributed by atoms with Crippen LogP contribution in [0.4, 0.5) is 0 Å². The summed E-state index contributed by atoms with van der Waals surface area (Å²) >= 11 is 0. The van der Waals surface area contributed by atoms with E-state index in [1.807, 2.05) is 71.9 Å². The number of hydrogen-bond acceptors (Lipinski definition) is 12. The maximum Gasteiger partial charge on any atom is 0.339 e. The van der Waals surface area contributed by atoms with E-state index < -0.39 is 5.97 Å². The van der Waals surface area contributed by atoms with Crippen LogP contribution in [-0.4, -0.2) is 69.3 Å². The van der Waals surface area contributed by atoms with E-state index >= 15 is 0 Å². The molecule has 13 nitrogen and oxygen atoms in total. The standard InChI is InChI=1S/C22H30O4.C22H32O2.C21H30O2.C21H30O.C19H26O2.C17H22O2/c1-5-6-7-8-15-12-18(23)20(21(24)19(15)22(25)26)17-11-14(4)9-10-16(17)13(2)3;1-6-7-8-9-17-13-20(23)22(21(14-17)24-5)19-12-16(4)10-11-18(19)15(2)3;1-5-6-7-8-16-12-19(22)21(20(23)13-16)18-11-15(4)9-10-17(18)14(2)3;1-5-6-7-8-17-10-12-19(21(22)14-17)20-13-16(4)9-11-18(20)15(2)3;1-5-6-14-10-17(20)19(18(21)11-14)16-9-13(4)7-8-15(16)12(2)3;1-10(2)13-6-5-11(3)7-14(13)17-15(18)8-12(4)9-16(17)19/h11-12,16-17,23-24H,2,5-10H2,1,3-4H3,(H,25,26);12-14,18-19,23H,2,6-11H2,1,3-5H3;11-13,17-18,22-23H,2,5-10H2,1,3-4H3;10,12-14,18,20,22H,2,5-9,11H2,1,3-4H3;9-11,15-16,20-21H,2,5-8H2,1,3-4H3;7-9,13-14,18-19H,1,5-6H2,2-4H3/t16-,17+;18-,19+;17-,18+;18-,20+;15-,16+;13-,14+/m000000/s1. The first kappa shape index (κ1) is 111. The summed E-state index contributed by atoms with van der Waals surface area (Å²) in [5, 5.41) is 115. The lowest BCUT2D eigenvalue weighted by Crippen LogP contribution is -2.18. The van der Waals surface area contributed by atoms with Crippen molar-refractivity contribution in [2.45, 2.75) is 353 Å². The molecule has 0 aliphatic heterocycles. The van der Waals surface area contributed by atoms with Crippen molar-refractivity contribution in [3.8, 4) is 63.2 Å². The van der Waals surface area contributed by atoms with Crippen molar-refractivity contribution in [3.63, 3.8) is 0 Å². The molecule has 0 saturated heterocycles. The van der Waals surface area contributed by atoms with Gasteiger partial charge in [-0.05, 0) is 354 Å². The molecular weight excluding hydrogens is 1670 g/mol. The number of phenols is 10. The Morgan fingerprint density at radius 3 is 0.889 bits per heavy atom. The smallest absolute Gasteiger partial charge is 0.339 e. The monoisotopic (exact) mass is 1840 g/mol. The van der Waals surface area contributed by atoms with Crippen molar-refractivity contribution in [2.24, 2.45) is 35.5 Å². The number of aryl methyl sites for hydroxylation is 6. The highest BCUT2D eigenvalue weighted by Gasteiger charge is 2.38. The number of benzene rings is 6. The van der Waals surface area contributed by atoms with E-state index in [0.717, 1.165) is 203 Å². The molecule has 0 spiro atoms. The van der Waals surface area contributed by atoms with Crippen LogP contribution in [0.2, 0.25) is 0 Å². The molecule has 6 aromatic rings. The third-order valence-corrected chi connectivity index (χ3v) is 28.9. The summed E-state index contributed by atoms with van der Waals surface area (Å²) in [6, 6.07) is 22.5. The topological polar surface area (TPSA) is 249 Å². The Bertz CT molecular complexity index is 5200. The Hall–Kier alpha value is -10.5. The third-order valence-electron chi connectivity index (χ3n) is 28.9. The van der Waals surface area contributed by atoms with Gasteiger partial charge in [0, 0.05) is 68.9 Å². The minimum atomic E-state index is -1.15. The summed E-state index contributed by atoms with van der Waals surface area (Å²) in [6.45, 7) is 62.3. The zero-order valence-corrected chi connectivity index (χ0v) is 86.0. The van der Waals surface area contributed by atoms with Gasteiger partial charge in [-0.25, -0.2) is 4.79 Å². The van der Waals surface area contributed by atoms with E-state index in [-0.39, 0.29) is 111 Å². The van der Waals surface area contributed by atoms with Gasteiger partial charge in [0.05, 0.1) is 7.11 Å². The predicted octanol–water partition coefficient (Wildman–Crippen LogP) is 33.2. The number of aromatic carboxylic acids is 1. The molecule has 13 heteroatoms. The minimum absolute atomic E-state index is 0.0194. The molecule has 0 aromatic heterocycles. The molecule has 11 N–H and O–H groups in total. The number of hydrogen-bond donors (Lipinski definition) is 11. The van der Waals surface area contributed by atoms with Crippen molar-refractivity contribution < 1.29 is 65.7 Å². The molecule has 0 saturated carbocycles. The molecule has 6 aliphatic rings. The average Bonchev–Trinajstić information content (AvgIpc) is 0.855. The third kappa shape index (κ3) is 31.2. The van der Waals surface area contributed by atoms with Gasteiger partial charge in [0.2, 0.25) is 0 Å². The van der Waals surface area contributed by atoms with Crippen LogP contribution in [0.15, 0.2) is 216 Å². The molecule has 0 radical (unpaired) electrons. The van der Waals surface area contributed by atoms with Gasteiger partial charge in [-0.3, -0.25) is 0 Å². The fraction of sp³-hybridized carbons (Fsp3) is 0.500. The van der Waals surface area contributed by atoms with E-state index in [9.17, 15) is 61.0 Å². The number of unbranched alkanes of at least 4 members (excludes halogenated alkanes) is 8. The van der Waals surface area contributed by atoms with Crippen molar-refractivity contribution in [1.82, 2.24) is 0 Å². The highest BCUT2D eigenvalue weighted by molar-refractivity contribution is 5.94. The first-order valence-electron chi connectivity index (χ1n) is 50.7. The highest BCUT2D eigenvalue weighted by atomic mass is 16.5. The molecule has 736 valence electrons. The summed E-state index contributed by atoms with van der Waals surface area (Å²) < 4.78 is 5.67. The van der Waals surface area contributed by atoms with Crippen molar-refractivity contribution in [2.75, 3.05) is 7.11 Å². The number of ether oxygens (including phenoxy) is 1. The lowest BCUT2D eigenvalue weighted by Gasteiger charge is -2.32. The van der Waals surface area contributed by atoms with Gasteiger partial charge < -0.3 is 60.9 Å². The lowest BCUT2D eigenvalue weighted by molar-refractivity contribution is 0.0691. The Kier molecular flexibility index (Phi) is 44.5. The van der Waals surface area contributed by atoms with Gasteiger partial charge in [0.15, 0.2) is 0 Å². The number of phenolic OH excluding ortho intramolecular Hbond substituents is 9. The number of allylic oxidation sites excluding steroid dienone is 18. The summed E-state index contributed by atoms with van der Waals surface area (Å²) in [5.41, 5.74) is 24.6. The van der Waals surface area contributed by atoms with E-state index in [1.165, 1.54) is 101 Å². The van der Waals surface area contributed by atoms with E-state index in [1.54, 1.807) is 31.4 Å². The Morgan fingerprint density at radius 2 is 0.578 bits per heavy atom. The van der Waals surface area contributed by atoms with Gasteiger partial charge >= 0.3 is 5.97 Å². The van der Waals surface area contributed by atoms with Gasteiger partial charge in [-0.2, -0.15) is 0 Å². The summed E-state index contributed by atoms with van der Waals surface area (Å²) in [5.74, 6) is 3.31. The molecule has 6 aromatic carbocycles. The second-order valence-electron chi connectivity index (χ2n) is 40.7. The number of methoxy groups -OCH3 is 1. The molecule has 12 atom stereocenters. The maximum absolute atomic E-state index is 11.8. The first-order chi connectivity index (χ1) is 64.0. The highest BCUT2D eigenvalue weighted by Crippen LogP contribution is 2.54. The Labute approximate surface area is 813 Å². The zero-order valence-electron chi connectivity index (χ0n) is 86.0. The van der Waals surface area contributed by atoms with Crippen molar-refractivity contribution >= 4 is 5.97 Å². The molecule has 12 rings (SSSR count). The van der Waals surface area contributed by atoms with Crippen LogP contribution in [0, 0.1) is 42.4 Å². The molecule has 0 bridgehead atoms. The van der Waals surface area contributed by atoms with Crippen LogP contribution < -0.4 is 4.74 Å². The molecule has 0 fully saturated rings. The van der Waals surface area contributed by atoms with Gasteiger partial charge in [-0.1, -0.05) is 247 Å². The maximum atomic E-state index is 11.8. The largest absolute Gasteiger partial charge is 0.508 e. The van der Waals surface area contributed by atoms with Crippen molar-refractivity contribution in [3.05, 3.63) is 288 Å². The molecular formula is C122H170O13. The number of carboxylic acids is 1. The van der Waals surface area contributed by atoms with Crippen LogP contribution in [0.25, 0.3) is 0 Å². The van der Waals surface area contributed by atoms with Crippen LogP contribution in [0.1, 0.15) is 391 Å². The van der Waals surface area contributed by atoms with E-state index in [0.29, 0.717) is 57.6 Å². The fourth-order valence-corrected chi connectivity index (χ4v) is 21.3. The van der Waals surface area contributed by atoms with E-state index in [4.69, 9.17) is 4.74 Å². The quantitative estimate of drug-likeness (QED) is 0.0139. The first-order valence-corrected chi connectivity index (χ1v) is 50.7. The van der Waals surface area contributed by atoms with Crippen LogP contribution >= 0.6 is 0 Å². The lowest BCUT2D eigenvalue weighted by atomic mass is 9.73. The van der Waals surface area contributed by atoms with Crippen LogP contribution in [-0.2, 0) is 32.1 Å². The summed E-state index contributed by atoms with van der Waals surface area (Å²) in [6.07, 6.45) is 44.6. The van der Waals surface area contributed by atoms with Gasteiger partial charge in [0.25, 0.3) is 0 Å². The van der Waals surface area contributed by atoms with Crippen molar-refractivity contribution in [1.29, 1.82) is 0 Å². The number of carbonyl (C=O) groups is 1. The number of rotatable bonds is 32. The molecule has 0 amide bonds. The normalized spacial score (nSPS) is 21.2. The van der Waals surface area contributed by atoms with E-state index in [2.05, 4.69) is 171 Å². The second-order valence-corrected chi connectivity index (χ2v) is 40.7. The SMILES string of the molecule is C=C(C)[C@@H]1CCC(C)=C[C@H]1c1c(O)cc(C)cc1O.C=C(C)[C@@H]1CCC(C)=C[C@H]1c1c(O)cc(CCC)cc1O.C=C(C)[C@@H]1CCC(C)=C[C@H]1c1c(O)cc(CCCCC)c(C(=O)O)c1O.C=C(C)[C@@H]1CCC(C)=C[C@H]1c1c(O)cc(CCCCC)cc1O.C=C(C)[C@@H]1CCC(C)=C[C@H]1c1c(O)cc(CCCCC)cc1OC.C=C(C)[C@@H]1CCC(C)=C[C@H]1c1ccc(CCCCC)cc1O. The number of aromatic hydroxyl groups is 10. The Morgan fingerprint density at radius 1 is 0.311 bits per heavy atom. The van der Waals surface area contributed by atoms with Crippen LogP contribution in [0.3, 0.4) is 0 Å². The minimum Gasteiger partial charge on any atom is -0.508 e. The zero-order chi connectivity index (χ0) is 99.9. The Balaban J connectivity index is 0.000000221. The summed E-state index contributed by atoms with van der Waals surface area (Å²) in [4.78, 5) is 11.8. The van der Waals surface area contributed by atoms with Crippen LogP contribution in [0.5, 0.6) is 63.2 Å². The molecule has 0 heterocycles. The van der Waals surface area contributed by atoms with Gasteiger partial charge in [-0.15, -0.1) is 0 Å². The second kappa shape index (κ2) is 53.8. The molecule has 6 aliphatic carbocycles. The average molecular weight is 1840 g/mol. The summed E-state index contributed by atoms with van der Waals surface area (Å²) in [7, 11) is 1.70. The molecule has 135 heavy (non-hydrogen) atoms. The number of carboxylic acid groups (broad SMARTS) is 1. The van der Waals surface area contributed by atoms with Gasteiger partial charge in [0.1, 0.15) is 68.8 Å². The fourth-order valence-electron chi connectivity index (χ4n) is 21.3. The predicted molar refractivity (Wildman–Crippen MR) is 565 cm³/mol. The molecule has 0 unspecified atom stereocenters.